The van der Waals surface area contributed by atoms with E-state index in [9.17, 15) is 4.79 Å². The maximum atomic E-state index is 10.8. The molecule has 1 aromatic carbocycles. The van der Waals surface area contributed by atoms with E-state index in [1.807, 2.05) is 6.92 Å². The molecule has 2 aromatic rings. The molecular formula is C18H18ClNO4. The first kappa shape index (κ1) is 16.7. The highest BCUT2D eigenvalue weighted by atomic mass is 35.5. The summed E-state index contributed by atoms with van der Waals surface area (Å²) in [5, 5.41) is 0.370. The summed E-state index contributed by atoms with van der Waals surface area (Å²) in [5.41, 5.74) is 1.27. The van der Waals surface area contributed by atoms with Gasteiger partial charge in [0.05, 0.1) is 17.8 Å². The molecule has 1 aromatic heterocycles. The number of benzene rings is 1. The molecule has 0 spiro atoms. The van der Waals surface area contributed by atoms with E-state index in [2.05, 4.69) is 4.98 Å². The van der Waals surface area contributed by atoms with Crippen molar-refractivity contribution in [3.05, 3.63) is 46.6 Å². The first-order chi connectivity index (χ1) is 11.7. The van der Waals surface area contributed by atoms with Crippen molar-refractivity contribution < 1.29 is 19.0 Å². The van der Waals surface area contributed by atoms with Gasteiger partial charge in [0.1, 0.15) is 12.0 Å². The van der Waals surface area contributed by atoms with Gasteiger partial charge in [-0.3, -0.25) is 4.79 Å². The monoisotopic (exact) mass is 347 g/mol. The molecule has 1 fully saturated rings. The number of aromatic nitrogens is 1. The Balaban J connectivity index is 1.69. The standard InChI is InChI=1S/C18H18ClNO4/c1-12-8-13(11-21)9-15(19)18(12)24-16-6-5-14(10-20-16)23-17-4-2-3-7-22-17/h5-6,8-11,17H,2-4,7H2,1H3. The summed E-state index contributed by atoms with van der Waals surface area (Å²) in [6, 6.07) is 6.77. The number of hydrogen-bond acceptors (Lipinski definition) is 5. The Morgan fingerprint density at radius 3 is 2.83 bits per heavy atom. The van der Waals surface area contributed by atoms with Crippen molar-refractivity contribution in [3.8, 4) is 17.4 Å². The van der Waals surface area contributed by atoms with Crippen LogP contribution in [0.4, 0.5) is 0 Å². The van der Waals surface area contributed by atoms with Crippen LogP contribution >= 0.6 is 11.6 Å². The molecule has 126 valence electrons. The zero-order chi connectivity index (χ0) is 16.9. The number of carbonyl (C=O) groups is 1. The van der Waals surface area contributed by atoms with E-state index >= 15 is 0 Å². The number of ether oxygens (including phenoxy) is 3. The van der Waals surface area contributed by atoms with Crippen LogP contribution in [0.1, 0.15) is 35.2 Å². The molecule has 6 heteroatoms. The SMILES string of the molecule is Cc1cc(C=O)cc(Cl)c1Oc1ccc(OC2CCCCO2)cn1. The average Bonchev–Trinajstić information content (AvgIpc) is 2.60. The minimum atomic E-state index is -0.208. The Morgan fingerprint density at radius 2 is 2.21 bits per heavy atom. The van der Waals surface area contributed by atoms with E-state index in [0.29, 0.717) is 28.0 Å². The summed E-state index contributed by atoms with van der Waals surface area (Å²) >= 11 is 6.17. The fourth-order valence-corrected chi connectivity index (χ4v) is 2.83. The highest BCUT2D eigenvalue weighted by molar-refractivity contribution is 6.32. The minimum Gasteiger partial charge on any atom is -0.463 e. The van der Waals surface area contributed by atoms with Gasteiger partial charge in [-0.25, -0.2) is 4.98 Å². The number of rotatable bonds is 5. The number of pyridine rings is 1. The van der Waals surface area contributed by atoms with Crippen molar-refractivity contribution in [1.82, 2.24) is 4.98 Å². The number of aryl methyl sites for hydroxylation is 1. The van der Waals surface area contributed by atoms with Crippen LogP contribution in [0, 0.1) is 6.92 Å². The molecule has 5 nitrogen and oxygen atoms in total. The molecule has 1 saturated heterocycles. The predicted molar refractivity (Wildman–Crippen MR) is 90.1 cm³/mol. The van der Waals surface area contributed by atoms with Crippen LogP contribution in [0.3, 0.4) is 0 Å². The summed E-state index contributed by atoms with van der Waals surface area (Å²) in [6.45, 7) is 2.56. The molecule has 0 N–H and O–H groups in total. The van der Waals surface area contributed by atoms with Gasteiger partial charge in [-0.15, -0.1) is 0 Å². The summed E-state index contributed by atoms with van der Waals surface area (Å²) in [6.07, 6.45) is 5.20. The predicted octanol–water partition coefficient (Wildman–Crippen LogP) is 4.55. The third kappa shape index (κ3) is 4.04. The molecule has 3 rings (SSSR count). The third-order valence-electron chi connectivity index (χ3n) is 3.71. The van der Waals surface area contributed by atoms with E-state index in [0.717, 1.165) is 37.7 Å². The lowest BCUT2D eigenvalue weighted by Crippen LogP contribution is -2.24. The lowest BCUT2D eigenvalue weighted by atomic mass is 10.1. The summed E-state index contributed by atoms with van der Waals surface area (Å²) in [4.78, 5) is 15.1. The van der Waals surface area contributed by atoms with Crippen LogP contribution in [0.2, 0.25) is 5.02 Å². The maximum absolute atomic E-state index is 10.8. The van der Waals surface area contributed by atoms with Gasteiger partial charge in [0.15, 0.2) is 12.0 Å². The number of nitrogens with zero attached hydrogens (tertiary/aromatic N) is 1. The minimum absolute atomic E-state index is 0.208. The molecule has 24 heavy (non-hydrogen) atoms. The van der Waals surface area contributed by atoms with Crippen LogP contribution in [-0.4, -0.2) is 24.2 Å². The Bertz CT molecular complexity index is 688. The van der Waals surface area contributed by atoms with Crippen molar-refractivity contribution in [2.45, 2.75) is 32.5 Å². The van der Waals surface area contributed by atoms with E-state index in [-0.39, 0.29) is 6.29 Å². The number of halogens is 1. The van der Waals surface area contributed by atoms with Gasteiger partial charge in [-0.1, -0.05) is 11.6 Å². The highest BCUT2D eigenvalue weighted by Crippen LogP contribution is 2.33. The fraction of sp³-hybridized carbons (Fsp3) is 0.333. The zero-order valence-electron chi connectivity index (χ0n) is 13.3. The quantitative estimate of drug-likeness (QED) is 0.742. The Kier molecular flexibility index (Phi) is 5.33. The normalized spacial score (nSPS) is 17.3. The van der Waals surface area contributed by atoms with Gasteiger partial charge in [-0.05, 0) is 43.5 Å². The lowest BCUT2D eigenvalue weighted by molar-refractivity contribution is -0.106. The first-order valence-electron chi connectivity index (χ1n) is 7.83. The average molecular weight is 348 g/mol. The van der Waals surface area contributed by atoms with E-state index in [4.69, 9.17) is 25.8 Å². The van der Waals surface area contributed by atoms with Crippen LogP contribution < -0.4 is 9.47 Å². The number of hydrogen-bond donors (Lipinski definition) is 0. The van der Waals surface area contributed by atoms with Crippen molar-refractivity contribution in [3.63, 3.8) is 0 Å². The molecule has 0 radical (unpaired) electrons. The summed E-state index contributed by atoms with van der Waals surface area (Å²) in [7, 11) is 0. The topological polar surface area (TPSA) is 57.7 Å². The van der Waals surface area contributed by atoms with Crippen LogP contribution in [-0.2, 0) is 4.74 Å². The van der Waals surface area contributed by atoms with Gasteiger partial charge in [0, 0.05) is 18.1 Å². The first-order valence-corrected chi connectivity index (χ1v) is 8.21. The van der Waals surface area contributed by atoms with E-state index in [1.165, 1.54) is 0 Å². The Labute approximate surface area is 145 Å². The number of carbonyl (C=O) groups excluding carboxylic acids is 1. The van der Waals surface area contributed by atoms with Crippen molar-refractivity contribution in [1.29, 1.82) is 0 Å². The van der Waals surface area contributed by atoms with Crippen LogP contribution in [0.5, 0.6) is 17.4 Å². The molecule has 1 unspecified atom stereocenters. The zero-order valence-corrected chi connectivity index (χ0v) is 14.1. The second-order valence-electron chi connectivity index (χ2n) is 5.61. The van der Waals surface area contributed by atoms with Crippen molar-refractivity contribution in [2.75, 3.05) is 6.61 Å². The molecule has 1 atom stereocenters. The van der Waals surface area contributed by atoms with Crippen molar-refractivity contribution in [2.24, 2.45) is 0 Å². The molecule has 1 aliphatic heterocycles. The Morgan fingerprint density at radius 1 is 1.33 bits per heavy atom. The second kappa shape index (κ2) is 7.64. The largest absolute Gasteiger partial charge is 0.463 e. The third-order valence-corrected chi connectivity index (χ3v) is 3.99. The number of aldehydes is 1. The van der Waals surface area contributed by atoms with E-state index < -0.39 is 0 Å². The van der Waals surface area contributed by atoms with Gasteiger partial charge in [-0.2, -0.15) is 0 Å². The second-order valence-corrected chi connectivity index (χ2v) is 6.02. The Hall–Kier alpha value is -2.11. The molecule has 1 aliphatic rings. The van der Waals surface area contributed by atoms with Gasteiger partial charge >= 0.3 is 0 Å². The summed E-state index contributed by atoms with van der Waals surface area (Å²) in [5.74, 6) is 1.52. The van der Waals surface area contributed by atoms with Gasteiger partial charge in [0.2, 0.25) is 5.88 Å². The smallest absolute Gasteiger partial charge is 0.219 e. The lowest BCUT2D eigenvalue weighted by Gasteiger charge is -2.23. The summed E-state index contributed by atoms with van der Waals surface area (Å²) < 4.78 is 17.0. The molecule has 2 heterocycles. The molecular weight excluding hydrogens is 330 g/mol. The molecule has 0 bridgehead atoms. The van der Waals surface area contributed by atoms with Crippen LogP contribution in [0.15, 0.2) is 30.5 Å². The van der Waals surface area contributed by atoms with Crippen molar-refractivity contribution >= 4 is 17.9 Å². The van der Waals surface area contributed by atoms with Gasteiger partial charge in [0.25, 0.3) is 0 Å². The van der Waals surface area contributed by atoms with E-state index in [1.54, 1.807) is 30.5 Å². The molecule has 0 saturated carbocycles. The van der Waals surface area contributed by atoms with Gasteiger partial charge < -0.3 is 14.2 Å². The fourth-order valence-electron chi connectivity index (χ4n) is 2.51. The maximum Gasteiger partial charge on any atom is 0.219 e. The molecule has 0 aliphatic carbocycles. The highest BCUT2D eigenvalue weighted by Gasteiger charge is 2.15. The van der Waals surface area contributed by atoms with Crippen LogP contribution in [0.25, 0.3) is 0 Å². The molecule has 0 amide bonds.